The number of hydrogen-bond acceptors (Lipinski definition) is 5. The van der Waals surface area contributed by atoms with Gasteiger partial charge in [-0.25, -0.2) is 4.98 Å². The van der Waals surface area contributed by atoms with Crippen molar-refractivity contribution in [3.05, 3.63) is 17.2 Å². The number of amides is 1. The smallest absolute Gasteiger partial charge is 0.289 e. The molecule has 0 saturated heterocycles. The van der Waals surface area contributed by atoms with Gasteiger partial charge in [0.15, 0.2) is 5.03 Å². The number of hydrogen-bond donors (Lipinski definition) is 2. The van der Waals surface area contributed by atoms with Gasteiger partial charge in [-0.1, -0.05) is 11.8 Å². The van der Waals surface area contributed by atoms with Crippen LogP contribution in [-0.4, -0.2) is 17.7 Å². The number of rotatable bonds is 5. The van der Waals surface area contributed by atoms with Gasteiger partial charge in [0, 0.05) is 6.04 Å². The van der Waals surface area contributed by atoms with Crippen molar-refractivity contribution in [1.29, 1.82) is 10.5 Å². The van der Waals surface area contributed by atoms with E-state index in [9.17, 15) is 4.79 Å². The number of aromatic amines is 1. The van der Waals surface area contributed by atoms with Gasteiger partial charge >= 0.3 is 0 Å². The Morgan fingerprint density at radius 3 is 2.76 bits per heavy atom. The maximum absolute atomic E-state index is 11.9. The summed E-state index contributed by atoms with van der Waals surface area (Å²) >= 11 is 1.21. The highest BCUT2D eigenvalue weighted by Crippen LogP contribution is 2.32. The van der Waals surface area contributed by atoms with Gasteiger partial charge in [0.25, 0.3) is 5.82 Å². The second-order valence-electron chi connectivity index (χ2n) is 5.05. The van der Waals surface area contributed by atoms with Gasteiger partial charge in [0.05, 0.1) is 5.75 Å². The van der Waals surface area contributed by atoms with Gasteiger partial charge in [-0.15, -0.1) is 0 Å². The lowest BCUT2D eigenvalue weighted by atomic mass is 10.2. The molecule has 1 amide bonds. The summed E-state index contributed by atoms with van der Waals surface area (Å²) in [6.45, 7) is 2.01. The molecule has 0 spiro atoms. The van der Waals surface area contributed by atoms with Gasteiger partial charge in [-0.2, -0.15) is 10.5 Å². The Hall–Kier alpha value is -2.25. The molecular formula is C14H16N5OS+. The third-order valence-corrected chi connectivity index (χ3v) is 4.40. The van der Waals surface area contributed by atoms with Crippen molar-refractivity contribution in [1.82, 2.24) is 5.32 Å². The number of nitrogens with one attached hydrogen (secondary N) is 2. The van der Waals surface area contributed by atoms with E-state index in [-0.39, 0.29) is 29.1 Å². The van der Waals surface area contributed by atoms with Crippen LogP contribution in [0.5, 0.6) is 0 Å². The summed E-state index contributed by atoms with van der Waals surface area (Å²) in [5.74, 6) is 0.934. The van der Waals surface area contributed by atoms with Crippen LogP contribution in [0.2, 0.25) is 0 Å². The number of nitrogen functional groups attached to an aromatic ring is 1. The van der Waals surface area contributed by atoms with E-state index in [1.165, 1.54) is 30.7 Å². The van der Waals surface area contributed by atoms with Crippen LogP contribution in [-0.2, 0) is 4.79 Å². The maximum atomic E-state index is 11.9. The van der Waals surface area contributed by atoms with Crippen LogP contribution in [0.4, 0.5) is 5.82 Å². The number of carbonyl (C=O) groups is 1. The van der Waals surface area contributed by atoms with Crippen molar-refractivity contribution in [3.8, 4) is 12.1 Å². The summed E-state index contributed by atoms with van der Waals surface area (Å²) in [5.41, 5.74) is 6.23. The summed E-state index contributed by atoms with van der Waals surface area (Å²) < 4.78 is 0. The molecule has 1 aliphatic carbocycles. The lowest BCUT2D eigenvalue weighted by molar-refractivity contribution is -0.410. The van der Waals surface area contributed by atoms with E-state index in [0.29, 0.717) is 16.5 Å². The van der Waals surface area contributed by atoms with E-state index >= 15 is 0 Å². The second kappa shape index (κ2) is 6.47. The minimum atomic E-state index is -0.0698. The molecule has 1 aromatic rings. The summed E-state index contributed by atoms with van der Waals surface area (Å²) in [5, 5.41) is 21.4. The minimum Gasteiger partial charge on any atom is -0.353 e. The molecule has 0 bridgehead atoms. The molecular weight excluding hydrogens is 286 g/mol. The van der Waals surface area contributed by atoms with E-state index < -0.39 is 0 Å². The number of nitriles is 2. The lowest BCUT2D eigenvalue weighted by Gasteiger charge is -2.12. The van der Waals surface area contributed by atoms with Crippen molar-refractivity contribution in [2.24, 2.45) is 5.92 Å². The largest absolute Gasteiger partial charge is 0.353 e. The van der Waals surface area contributed by atoms with Crippen molar-refractivity contribution < 1.29 is 9.78 Å². The predicted molar refractivity (Wildman–Crippen MR) is 77.9 cm³/mol. The summed E-state index contributed by atoms with van der Waals surface area (Å²) in [6.07, 6.45) is 2.35. The number of nitrogens with zero attached hydrogens (tertiary/aromatic N) is 2. The molecule has 2 rings (SSSR count). The predicted octanol–water partition coefficient (Wildman–Crippen LogP) is 0.833. The molecule has 4 N–H and O–H groups in total. The fourth-order valence-electron chi connectivity index (χ4n) is 1.98. The Labute approximate surface area is 127 Å². The van der Waals surface area contributed by atoms with Gasteiger partial charge in [-0.05, 0) is 31.7 Å². The fourth-order valence-corrected chi connectivity index (χ4v) is 2.78. The third kappa shape index (κ3) is 3.87. The molecule has 0 aromatic carbocycles. The molecule has 1 aliphatic rings. The first-order valence-electron chi connectivity index (χ1n) is 6.63. The fraction of sp³-hybridized carbons (Fsp3) is 0.429. The lowest BCUT2D eigenvalue weighted by Crippen LogP contribution is -2.35. The topological polar surface area (TPSA) is 117 Å². The Morgan fingerprint density at radius 1 is 1.52 bits per heavy atom. The van der Waals surface area contributed by atoms with Crippen LogP contribution in [0, 0.1) is 28.6 Å². The van der Waals surface area contributed by atoms with E-state index in [1.807, 2.05) is 19.1 Å². The van der Waals surface area contributed by atoms with Crippen LogP contribution in [0.3, 0.4) is 0 Å². The first-order chi connectivity index (χ1) is 10.0. The number of pyridine rings is 1. The Balaban J connectivity index is 1.99. The molecule has 21 heavy (non-hydrogen) atoms. The van der Waals surface area contributed by atoms with E-state index in [1.54, 1.807) is 0 Å². The number of carbonyl (C=O) groups excluding carboxylic acids is 1. The van der Waals surface area contributed by atoms with Crippen LogP contribution in [0.15, 0.2) is 11.1 Å². The highest BCUT2D eigenvalue weighted by Gasteiger charge is 2.28. The molecule has 0 radical (unpaired) electrons. The first kappa shape index (κ1) is 15.1. The highest BCUT2D eigenvalue weighted by molar-refractivity contribution is 7.99. The van der Waals surface area contributed by atoms with Crippen molar-refractivity contribution in [3.63, 3.8) is 0 Å². The zero-order valence-corrected chi connectivity index (χ0v) is 12.5. The zero-order valence-electron chi connectivity index (χ0n) is 11.6. The molecule has 1 heterocycles. The Bertz CT molecular complexity index is 642. The average molecular weight is 302 g/mol. The van der Waals surface area contributed by atoms with Crippen LogP contribution in [0.25, 0.3) is 0 Å². The number of anilines is 1. The number of thioether (sulfide) groups is 1. The van der Waals surface area contributed by atoms with E-state index in [0.717, 1.165) is 0 Å². The number of H-pyrrole nitrogens is 1. The number of nitrogens with two attached hydrogens (primary N) is 1. The Kier molecular flexibility index (Phi) is 4.66. The van der Waals surface area contributed by atoms with Crippen molar-refractivity contribution >= 4 is 23.5 Å². The van der Waals surface area contributed by atoms with Crippen molar-refractivity contribution in [2.75, 3.05) is 11.5 Å². The van der Waals surface area contributed by atoms with Crippen LogP contribution >= 0.6 is 11.8 Å². The summed E-state index contributed by atoms with van der Waals surface area (Å²) in [4.78, 5) is 14.7. The number of aromatic nitrogens is 1. The first-order valence-corrected chi connectivity index (χ1v) is 7.62. The molecule has 6 nitrogen and oxygen atoms in total. The Morgan fingerprint density at radius 2 is 2.19 bits per heavy atom. The molecule has 1 fully saturated rings. The van der Waals surface area contributed by atoms with Gasteiger partial charge < -0.3 is 5.32 Å². The molecule has 7 heteroatoms. The van der Waals surface area contributed by atoms with Crippen molar-refractivity contribution in [2.45, 2.75) is 30.8 Å². The quantitative estimate of drug-likeness (QED) is 0.781. The normalized spacial score (nSPS) is 14.8. The molecule has 1 aromatic heterocycles. The molecule has 1 saturated carbocycles. The van der Waals surface area contributed by atoms with Gasteiger partial charge in [-0.3, -0.25) is 10.5 Å². The summed E-state index contributed by atoms with van der Waals surface area (Å²) in [7, 11) is 0. The second-order valence-corrected chi connectivity index (χ2v) is 6.03. The van der Waals surface area contributed by atoms with Gasteiger partial charge in [0.2, 0.25) is 5.91 Å². The van der Waals surface area contributed by atoms with Crippen LogP contribution in [0.1, 0.15) is 30.9 Å². The zero-order chi connectivity index (χ0) is 15.4. The summed E-state index contributed by atoms with van der Waals surface area (Å²) in [6, 6.07) is 5.54. The monoisotopic (exact) mass is 302 g/mol. The maximum Gasteiger partial charge on any atom is 0.289 e. The highest BCUT2D eigenvalue weighted by atomic mass is 32.2. The van der Waals surface area contributed by atoms with Crippen LogP contribution < -0.4 is 16.0 Å². The minimum absolute atomic E-state index is 0.0698. The molecule has 0 aliphatic heterocycles. The standard InChI is InChI=1S/C14H15N5OS/c1-8(9-2-3-9)18-12(20)7-21-14-11(6-16)4-10(5-15)13(17)19-14/h4,8-9H,2-3,7H2,1H3,(H2,17,19)(H,18,20)/p+1/t8-/m1/s1. The molecule has 108 valence electrons. The van der Waals surface area contributed by atoms with E-state index in [2.05, 4.69) is 10.3 Å². The molecule has 0 unspecified atom stereocenters. The van der Waals surface area contributed by atoms with E-state index in [4.69, 9.17) is 16.3 Å². The van der Waals surface area contributed by atoms with Gasteiger partial charge in [0.1, 0.15) is 23.3 Å². The third-order valence-electron chi connectivity index (χ3n) is 3.38. The SMILES string of the molecule is C[C@@H](NC(=O)CSc1[nH+]c(N)c(C#N)cc1C#N)C1CC1. The molecule has 1 atom stereocenters. The average Bonchev–Trinajstić information content (AvgIpc) is 3.29.